The minimum Gasteiger partial charge on any atom is -0.477 e. The van der Waals surface area contributed by atoms with E-state index in [0.29, 0.717) is 16.4 Å². The van der Waals surface area contributed by atoms with Gasteiger partial charge in [-0.2, -0.15) is 0 Å². The van der Waals surface area contributed by atoms with Gasteiger partial charge in [0.05, 0.1) is 5.02 Å². The van der Waals surface area contributed by atoms with Crippen molar-refractivity contribution >= 4 is 29.2 Å². The van der Waals surface area contributed by atoms with E-state index >= 15 is 0 Å². The molecule has 1 amide bonds. The highest BCUT2D eigenvalue weighted by Crippen LogP contribution is 2.15. The van der Waals surface area contributed by atoms with E-state index in [9.17, 15) is 9.59 Å². The predicted molar refractivity (Wildman–Crippen MR) is 69.6 cm³/mol. The molecule has 0 unspecified atom stereocenters. The molecular formula is C12H10ClN3O3. The molecule has 19 heavy (non-hydrogen) atoms. The summed E-state index contributed by atoms with van der Waals surface area (Å²) >= 11 is 5.79. The van der Waals surface area contributed by atoms with Gasteiger partial charge in [0.1, 0.15) is 11.4 Å². The number of carbonyl (C=O) groups excluding carboxylic acids is 1. The zero-order chi connectivity index (χ0) is 14.0. The molecule has 2 rings (SSSR count). The third-order valence-corrected chi connectivity index (χ3v) is 2.65. The van der Waals surface area contributed by atoms with Crippen molar-refractivity contribution in [2.24, 2.45) is 7.05 Å². The first kappa shape index (κ1) is 13.1. The number of anilines is 1. The molecule has 0 radical (unpaired) electrons. The standard InChI is InChI=1S/C12H10ClN3O3/c1-16-6-7(13)4-10(16)11(17)15-8-2-3-14-9(5-8)12(18)19/h2-6H,1H3,(H,18,19)(H,14,15,17). The molecule has 2 heterocycles. The van der Waals surface area contributed by atoms with E-state index in [1.54, 1.807) is 17.8 Å². The summed E-state index contributed by atoms with van der Waals surface area (Å²) in [6, 6.07) is 4.32. The van der Waals surface area contributed by atoms with Crippen LogP contribution in [0.25, 0.3) is 0 Å². The molecule has 0 fully saturated rings. The van der Waals surface area contributed by atoms with E-state index in [1.165, 1.54) is 24.4 Å². The van der Waals surface area contributed by atoms with E-state index in [-0.39, 0.29) is 11.6 Å². The summed E-state index contributed by atoms with van der Waals surface area (Å²) in [4.78, 5) is 26.4. The molecule has 2 aromatic rings. The van der Waals surface area contributed by atoms with Crippen molar-refractivity contribution < 1.29 is 14.7 Å². The summed E-state index contributed by atoms with van der Waals surface area (Å²) in [7, 11) is 1.69. The second kappa shape index (κ2) is 5.11. The van der Waals surface area contributed by atoms with Crippen molar-refractivity contribution in [2.75, 3.05) is 5.32 Å². The average molecular weight is 280 g/mol. The van der Waals surface area contributed by atoms with Crippen molar-refractivity contribution in [3.63, 3.8) is 0 Å². The van der Waals surface area contributed by atoms with Gasteiger partial charge in [-0.05, 0) is 18.2 Å². The van der Waals surface area contributed by atoms with Crippen LogP contribution in [-0.4, -0.2) is 26.5 Å². The van der Waals surface area contributed by atoms with E-state index in [4.69, 9.17) is 16.7 Å². The fourth-order valence-corrected chi connectivity index (χ4v) is 1.82. The predicted octanol–water partition coefficient (Wildman–Crippen LogP) is 2.02. The number of aromatic carboxylic acids is 1. The number of carbonyl (C=O) groups is 2. The monoisotopic (exact) mass is 279 g/mol. The van der Waals surface area contributed by atoms with E-state index in [1.807, 2.05) is 0 Å². The quantitative estimate of drug-likeness (QED) is 0.900. The summed E-state index contributed by atoms with van der Waals surface area (Å²) in [6.45, 7) is 0. The second-order valence-corrected chi connectivity index (χ2v) is 4.28. The molecule has 0 saturated carbocycles. The first-order valence-electron chi connectivity index (χ1n) is 5.30. The molecule has 2 N–H and O–H groups in total. The fraction of sp³-hybridized carbons (Fsp3) is 0.0833. The molecule has 98 valence electrons. The van der Waals surface area contributed by atoms with Gasteiger partial charge in [0.15, 0.2) is 0 Å². The first-order valence-corrected chi connectivity index (χ1v) is 5.68. The van der Waals surface area contributed by atoms with Crippen molar-refractivity contribution in [1.29, 1.82) is 0 Å². The number of hydrogen-bond donors (Lipinski definition) is 2. The lowest BCUT2D eigenvalue weighted by molar-refractivity contribution is 0.0690. The lowest BCUT2D eigenvalue weighted by Crippen LogP contribution is -2.15. The maximum absolute atomic E-state index is 12.0. The van der Waals surface area contributed by atoms with E-state index < -0.39 is 5.97 Å². The summed E-state index contributed by atoms with van der Waals surface area (Å²) in [6.07, 6.45) is 2.92. The third kappa shape index (κ3) is 2.92. The second-order valence-electron chi connectivity index (χ2n) is 3.84. The number of halogens is 1. The number of pyridine rings is 1. The third-order valence-electron chi connectivity index (χ3n) is 2.44. The lowest BCUT2D eigenvalue weighted by Gasteiger charge is -2.06. The smallest absolute Gasteiger partial charge is 0.354 e. The van der Waals surface area contributed by atoms with Crippen LogP contribution in [0.3, 0.4) is 0 Å². The van der Waals surface area contributed by atoms with E-state index in [2.05, 4.69) is 10.3 Å². The highest BCUT2D eigenvalue weighted by molar-refractivity contribution is 6.31. The Labute approximate surface area is 113 Å². The zero-order valence-corrected chi connectivity index (χ0v) is 10.7. The Morgan fingerprint density at radius 1 is 1.42 bits per heavy atom. The van der Waals surface area contributed by atoms with Gasteiger partial charge in [0.25, 0.3) is 5.91 Å². The number of nitrogens with zero attached hydrogens (tertiary/aromatic N) is 2. The largest absolute Gasteiger partial charge is 0.477 e. The van der Waals surface area contributed by atoms with Crippen molar-refractivity contribution in [2.45, 2.75) is 0 Å². The number of hydrogen-bond acceptors (Lipinski definition) is 3. The van der Waals surface area contributed by atoms with Crippen LogP contribution in [-0.2, 0) is 7.05 Å². The van der Waals surface area contributed by atoms with E-state index in [0.717, 1.165) is 0 Å². The normalized spacial score (nSPS) is 10.2. The van der Waals surface area contributed by atoms with Crippen LogP contribution in [0.2, 0.25) is 5.02 Å². The highest BCUT2D eigenvalue weighted by atomic mass is 35.5. The molecule has 0 saturated heterocycles. The number of carboxylic acid groups (broad SMARTS) is 1. The number of carboxylic acids is 1. The minimum absolute atomic E-state index is 0.136. The van der Waals surface area contributed by atoms with Gasteiger partial charge in [0, 0.05) is 25.1 Å². The van der Waals surface area contributed by atoms with Crippen LogP contribution in [0.1, 0.15) is 21.0 Å². The average Bonchev–Trinajstić information content (AvgIpc) is 2.69. The van der Waals surface area contributed by atoms with Gasteiger partial charge < -0.3 is 15.0 Å². The van der Waals surface area contributed by atoms with Crippen LogP contribution < -0.4 is 5.32 Å². The Hall–Kier alpha value is -2.34. The van der Waals surface area contributed by atoms with Gasteiger partial charge in [-0.25, -0.2) is 9.78 Å². The first-order chi connectivity index (χ1) is 8.97. The molecule has 0 aliphatic heterocycles. The van der Waals surface area contributed by atoms with Crippen molar-refractivity contribution in [1.82, 2.24) is 9.55 Å². The molecule has 0 aromatic carbocycles. The molecule has 0 atom stereocenters. The maximum Gasteiger partial charge on any atom is 0.354 e. The molecule has 6 nitrogen and oxygen atoms in total. The Bertz CT molecular complexity index is 651. The molecule has 2 aromatic heterocycles. The molecule has 7 heteroatoms. The van der Waals surface area contributed by atoms with Gasteiger partial charge in [-0.15, -0.1) is 0 Å². The maximum atomic E-state index is 12.0. The zero-order valence-electron chi connectivity index (χ0n) is 9.92. The van der Waals surface area contributed by atoms with Gasteiger partial charge in [-0.1, -0.05) is 11.6 Å². The number of nitrogens with one attached hydrogen (secondary N) is 1. The topological polar surface area (TPSA) is 84.2 Å². The number of rotatable bonds is 3. The summed E-state index contributed by atoms with van der Waals surface area (Å²) in [5.41, 5.74) is 0.594. The number of amides is 1. The summed E-state index contributed by atoms with van der Waals surface area (Å²) < 4.78 is 1.58. The number of aromatic nitrogens is 2. The lowest BCUT2D eigenvalue weighted by atomic mass is 10.3. The minimum atomic E-state index is -1.15. The highest BCUT2D eigenvalue weighted by Gasteiger charge is 2.12. The van der Waals surface area contributed by atoms with Crippen LogP contribution >= 0.6 is 11.6 Å². The fourth-order valence-electron chi connectivity index (χ4n) is 1.57. The van der Waals surface area contributed by atoms with Crippen LogP contribution in [0, 0.1) is 0 Å². The Balaban J connectivity index is 2.21. The number of aryl methyl sites for hydroxylation is 1. The SMILES string of the molecule is Cn1cc(Cl)cc1C(=O)Nc1ccnc(C(=O)O)c1. The van der Waals surface area contributed by atoms with Crippen LogP contribution in [0.5, 0.6) is 0 Å². The van der Waals surface area contributed by atoms with Crippen molar-refractivity contribution in [3.8, 4) is 0 Å². The molecular weight excluding hydrogens is 270 g/mol. The Morgan fingerprint density at radius 3 is 2.74 bits per heavy atom. The summed E-state index contributed by atoms with van der Waals surface area (Å²) in [5.74, 6) is -1.53. The molecule has 0 aliphatic carbocycles. The van der Waals surface area contributed by atoms with Gasteiger partial charge >= 0.3 is 5.97 Å². The molecule has 0 aliphatic rings. The molecule has 0 spiro atoms. The Morgan fingerprint density at radius 2 is 2.16 bits per heavy atom. The van der Waals surface area contributed by atoms with Crippen LogP contribution in [0.4, 0.5) is 5.69 Å². The molecule has 0 bridgehead atoms. The Kier molecular flexibility index (Phi) is 3.52. The summed E-state index contributed by atoms with van der Waals surface area (Å²) in [5, 5.41) is 11.8. The van der Waals surface area contributed by atoms with Crippen LogP contribution in [0.15, 0.2) is 30.6 Å². The van der Waals surface area contributed by atoms with Crippen molar-refractivity contribution in [3.05, 3.63) is 47.0 Å². The van der Waals surface area contributed by atoms with Gasteiger partial charge in [0.2, 0.25) is 0 Å². The van der Waals surface area contributed by atoms with Gasteiger partial charge in [-0.3, -0.25) is 4.79 Å².